The predicted octanol–water partition coefficient (Wildman–Crippen LogP) is 2.68. The van der Waals surface area contributed by atoms with Gasteiger partial charge < -0.3 is 9.47 Å². The summed E-state index contributed by atoms with van der Waals surface area (Å²) in [5, 5.41) is 0. The monoisotopic (exact) mass is 325 g/mol. The van der Waals surface area contributed by atoms with Crippen LogP contribution in [0.3, 0.4) is 0 Å². The summed E-state index contributed by atoms with van der Waals surface area (Å²) >= 11 is 0. The molecule has 0 bridgehead atoms. The summed E-state index contributed by atoms with van der Waals surface area (Å²) < 4.78 is 12.3. The molecule has 2 aliphatic rings. The van der Waals surface area contributed by atoms with Gasteiger partial charge >= 0.3 is 0 Å². The molecule has 2 saturated heterocycles. The molecular formula is C19H23N3O2. The van der Waals surface area contributed by atoms with Gasteiger partial charge in [-0.15, -0.1) is 0 Å². The molecule has 0 aliphatic carbocycles. The minimum atomic E-state index is -0.0574. The van der Waals surface area contributed by atoms with Crippen molar-refractivity contribution < 1.29 is 9.47 Å². The van der Waals surface area contributed by atoms with Gasteiger partial charge in [0.25, 0.3) is 0 Å². The van der Waals surface area contributed by atoms with Crippen molar-refractivity contribution in [2.45, 2.75) is 37.5 Å². The van der Waals surface area contributed by atoms with Crippen molar-refractivity contribution in [3.05, 3.63) is 54.6 Å². The molecular weight excluding hydrogens is 302 g/mol. The van der Waals surface area contributed by atoms with Crippen LogP contribution in [-0.4, -0.2) is 46.3 Å². The number of hydrogen-bond donors (Lipinski definition) is 0. The molecule has 0 amide bonds. The van der Waals surface area contributed by atoms with Gasteiger partial charge in [0.05, 0.1) is 18.4 Å². The summed E-state index contributed by atoms with van der Waals surface area (Å²) in [6, 6.07) is 8.03. The quantitative estimate of drug-likeness (QED) is 0.865. The maximum Gasteiger partial charge on any atom is 0.138 e. The molecule has 0 saturated carbocycles. The molecule has 126 valence electrons. The smallest absolute Gasteiger partial charge is 0.138 e. The van der Waals surface area contributed by atoms with Crippen LogP contribution >= 0.6 is 0 Å². The minimum Gasteiger partial charge on any atom is -0.486 e. The number of hydrogen-bond acceptors (Lipinski definition) is 5. The lowest BCUT2D eigenvalue weighted by Gasteiger charge is -2.39. The van der Waals surface area contributed by atoms with E-state index in [9.17, 15) is 0 Å². The molecule has 2 aromatic heterocycles. The van der Waals surface area contributed by atoms with Gasteiger partial charge in [-0.3, -0.25) is 14.9 Å². The molecule has 0 aromatic carbocycles. The Kier molecular flexibility index (Phi) is 4.45. The normalized spacial score (nSPS) is 27.4. The fraction of sp³-hybridized carbons (Fsp3) is 0.474. The fourth-order valence-corrected chi connectivity index (χ4v) is 3.84. The molecule has 2 aliphatic heterocycles. The van der Waals surface area contributed by atoms with Crippen molar-refractivity contribution in [2.24, 2.45) is 0 Å². The van der Waals surface area contributed by atoms with Crippen molar-refractivity contribution in [1.29, 1.82) is 0 Å². The number of aromatic nitrogens is 2. The Hall–Kier alpha value is -1.98. The first-order valence-corrected chi connectivity index (χ1v) is 8.63. The van der Waals surface area contributed by atoms with E-state index < -0.39 is 0 Å². The molecule has 0 unspecified atom stereocenters. The first kappa shape index (κ1) is 15.5. The summed E-state index contributed by atoms with van der Waals surface area (Å²) in [6.07, 6.45) is 10.6. The molecule has 0 N–H and O–H groups in total. The predicted molar refractivity (Wildman–Crippen MR) is 90.7 cm³/mol. The van der Waals surface area contributed by atoms with Crippen LogP contribution in [-0.2, 0) is 11.3 Å². The maximum atomic E-state index is 6.23. The highest BCUT2D eigenvalue weighted by molar-refractivity contribution is 5.16. The summed E-state index contributed by atoms with van der Waals surface area (Å²) in [4.78, 5) is 10.7. The van der Waals surface area contributed by atoms with Gasteiger partial charge in [0, 0.05) is 38.1 Å². The van der Waals surface area contributed by atoms with Crippen LogP contribution in [0.25, 0.3) is 0 Å². The fourth-order valence-electron chi connectivity index (χ4n) is 3.84. The van der Waals surface area contributed by atoms with E-state index in [4.69, 9.17) is 9.47 Å². The number of likely N-dealkylation sites (tertiary alicyclic amines) is 1. The highest BCUT2D eigenvalue weighted by atomic mass is 16.6. The highest BCUT2D eigenvalue weighted by Gasteiger charge is 2.44. The zero-order valence-electron chi connectivity index (χ0n) is 13.8. The van der Waals surface area contributed by atoms with E-state index >= 15 is 0 Å². The third-order valence-corrected chi connectivity index (χ3v) is 4.89. The molecule has 2 fully saturated rings. The Morgan fingerprint density at radius 2 is 2.12 bits per heavy atom. The standard InChI is InChI=1S/C19H23N3O2/c1-3-17(12-21-7-1)24-18-11-19(23-14-18)6-2-10-22(15-19)13-16-4-8-20-9-5-16/h1,3-5,7-9,12,18H,2,6,10-11,13-15H2/t18-,19+/m0/s1. The van der Waals surface area contributed by atoms with Crippen LogP contribution in [0, 0.1) is 0 Å². The Morgan fingerprint density at radius 1 is 1.21 bits per heavy atom. The van der Waals surface area contributed by atoms with Crippen LogP contribution in [0.1, 0.15) is 24.8 Å². The topological polar surface area (TPSA) is 47.5 Å². The molecule has 4 heterocycles. The average molecular weight is 325 g/mol. The van der Waals surface area contributed by atoms with Crippen LogP contribution in [0.5, 0.6) is 5.75 Å². The van der Waals surface area contributed by atoms with E-state index in [0.717, 1.165) is 38.2 Å². The molecule has 24 heavy (non-hydrogen) atoms. The Bertz CT molecular complexity index is 652. The second-order valence-electron chi connectivity index (χ2n) is 6.80. The van der Waals surface area contributed by atoms with E-state index in [0.29, 0.717) is 6.61 Å². The molecule has 2 atom stereocenters. The van der Waals surface area contributed by atoms with Gasteiger partial charge in [-0.2, -0.15) is 0 Å². The third-order valence-electron chi connectivity index (χ3n) is 4.89. The summed E-state index contributed by atoms with van der Waals surface area (Å²) in [6.45, 7) is 3.73. The summed E-state index contributed by atoms with van der Waals surface area (Å²) in [5.74, 6) is 0.826. The number of ether oxygens (including phenoxy) is 2. The number of pyridine rings is 2. The van der Waals surface area contributed by atoms with Crippen molar-refractivity contribution in [2.75, 3.05) is 19.7 Å². The molecule has 5 nitrogen and oxygen atoms in total. The lowest BCUT2D eigenvalue weighted by Crippen LogP contribution is -2.47. The van der Waals surface area contributed by atoms with E-state index in [1.54, 1.807) is 12.4 Å². The van der Waals surface area contributed by atoms with Gasteiger partial charge in [0.15, 0.2) is 0 Å². The van der Waals surface area contributed by atoms with E-state index in [2.05, 4.69) is 27.0 Å². The highest BCUT2D eigenvalue weighted by Crippen LogP contribution is 2.36. The molecule has 4 rings (SSSR count). The van der Waals surface area contributed by atoms with E-state index in [1.807, 2.05) is 24.5 Å². The molecule has 2 aromatic rings. The lowest BCUT2D eigenvalue weighted by molar-refractivity contribution is -0.0538. The maximum absolute atomic E-state index is 6.23. The summed E-state index contributed by atoms with van der Waals surface area (Å²) in [7, 11) is 0. The van der Waals surface area contributed by atoms with Crippen molar-refractivity contribution in [1.82, 2.24) is 14.9 Å². The Balaban J connectivity index is 1.37. The minimum absolute atomic E-state index is 0.0574. The summed E-state index contributed by atoms with van der Waals surface area (Å²) in [5.41, 5.74) is 1.25. The van der Waals surface area contributed by atoms with Crippen molar-refractivity contribution in [3.63, 3.8) is 0 Å². The van der Waals surface area contributed by atoms with Crippen LogP contribution < -0.4 is 4.74 Å². The lowest BCUT2D eigenvalue weighted by atomic mass is 9.89. The molecule has 1 spiro atoms. The zero-order chi connectivity index (χ0) is 16.2. The third kappa shape index (κ3) is 3.57. The van der Waals surface area contributed by atoms with Crippen molar-refractivity contribution >= 4 is 0 Å². The van der Waals surface area contributed by atoms with Crippen LogP contribution in [0.4, 0.5) is 0 Å². The number of piperidine rings is 1. The molecule has 5 heteroatoms. The SMILES string of the molecule is c1cncc(O[C@@H]2CO[C@]3(CCCN(Cc4ccncc4)C3)C2)c1. The van der Waals surface area contributed by atoms with Gasteiger partial charge in [-0.05, 0) is 49.2 Å². The first-order chi connectivity index (χ1) is 11.8. The second-order valence-corrected chi connectivity index (χ2v) is 6.80. The number of nitrogens with zero attached hydrogens (tertiary/aromatic N) is 3. The van der Waals surface area contributed by atoms with Gasteiger partial charge in [0.2, 0.25) is 0 Å². The van der Waals surface area contributed by atoms with Crippen LogP contribution in [0.2, 0.25) is 0 Å². The average Bonchev–Trinajstić information content (AvgIpc) is 2.98. The largest absolute Gasteiger partial charge is 0.486 e. The van der Waals surface area contributed by atoms with Gasteiger partial charge in [0.1, 0.15) is 11.9 Å². The molecule has 0 radical (unpaired) electrons. The van der Waals surface area contributed by atoms with Gasteiger partial charge in [-0.1, -0.05) is 0 Å². The Labute approximate surface area is 142 Å². The van der Waals surface area contributed by atoms with E-state index in [1.165, 1.54) is 12.0 Å². The van der Waals surface area contributed by atoms with Gasteiger partial charge in [-0.25, -0.2) is 0 Å². The van der Waals surface area contributed by atoms with Crippen LogP contribution in [0.15, 0.2) is 49.1 Å². The first-order valence-electron chi connectivity index (χ1n) is 8.63. The number of rotatable bonds is 4. The second kappa shape index (κ2) is 6.87. The van der Waals surface area contributed by atoms with E-state index in [-0.39, 0.29) is 11.7 Å². The zero-order valence-corrected chi connectivity index (χ0v) is 13.8. The van der Waals surface area contributed by atoms with Crippen molar-refractivity contribution in [3.8, 4) is 5.75 Å². The Morgan fingerprint density at radius 3 is 2.96 bits per heavy atom.